The van der Waals surface area contributed by atoms with Crippen molar-refractivity contribution in [2.75, 3.05) is 0 Å². The number of hydrogen-bond acceptors (Lipinski definition) is 5. The molecule has 1 rings (SSSR count). The second-order valence-corrected chi connectivity index (χ2v) is 4.16. The Balaban J connectivity index is 3.83. The predicted octanol–water partition coefficient (Wildman–Crippen LogP) is -1.44. The van der Waals surface area contributed by atoms with Gasteiger partial charge in [0.25, 0.3) is 0 Å². The summed E-state index contributed by atoms with van der Waals surface area (Å²) in [5, 5.41) is 35.7. The third-order valence-corrected chi connectivity index (χ3v) is 2.96. The van der Waals surface area contributed by atoms with Gasteiger partial charge >= 0.3 is 23.9 Å². The smallest absolute Gasteiger partial charge is 0.337 e. The zero-order chi connectivity index (χ0) is 15.6. The molecule has 0 spiro atoms. The van der Waals surface area contributed by atoms with Gasteiger partial charge in [0.15, 0.2) is 0 Å². The Morgan fingerprint density at radius 1 is 0.950 bits per heavy atom. The van der Waals surface area contributed by atoms with Crippen LogP contribution in [0.3, 0.4) is 0 Å². The summed E-state index contributed by atoms with van der Waals surface area (Å²) in [7, 11) is 0. The topological polar surface area (TPSA) is 166 Å². The van der Waals surface area contributed by atoms with Gasteiger partial charge < -0.3 is 20.4 Å². The first-order chi connectivity index (χ1) is 9.22. The lowest BCUT2D eigenvalue weighted by Crippen LogP contribution is -2.35. The van der Waals surface area contributed by atoms with E-state index >= 15 is 0 Å². The van der Waals surface area contributed by atoms with Crippen molar-refractivity contribution < 1.29 is 43.8 Å². The van der Waals surface area contributed by atoms with Crippen molar-refractivity contribution in [2.45, 2.75) is 0 Å². The van der Waals surface area contributed by atoms with E-state index in [2.05, 4.69) is 0 Å². The van der Waals surface area contributed by atoms with Crippen LogP contribution in [0.2, 0.25) is 0 Å². The Morgan fingerprint density at radius 3 is 1.80 bits per heavy atom. The monoisotopic (exact) mass is 302 g/mol. The van der Waals surface area contributed by atoms with Crippen molar-refractivity contribution in [3.8, 4) is 0 Å². The van der Waals surface area contributed by atoms with Crippen LogP contribution in [-0.2, 0) is 30.4 Å². The fourth-order valence-corrected chi connectivity index (χ4v) is 2.16. The zero-order valence-corrected chi connectivity index (χ0v) is 10.2. The standard InChI is InChI=1S/C10H6O9S/c11-7(12)2-1-3(20-19)5(9(15)16)6(10(17)18)4(2)8(13)14/h1,5H,(H,11,12)(H,13,14)(H,15,16)(H,17,18). The van der Waals surface area contributed by atoms with Crippen LogP contribution >= 0.6 is 0 Å². The summed E-state index contributed by atoms with van der Waals surface area (Å²) in [5.41, 5.74) is -3.27. The number of carboxylic acids is 4. The molecule has 0 aliphatic heterocycles. The van der Waals surface area contributed by atoms with Gasteiger partial charge in [-0.15, -0.1) is 0 Å². The lowest BCUT2D eigenvalue weighted by Gasteiger charge is -2.20. The molecular weight excluding hydrogens is 296 g/mol. The molecule has 0 aromatic heterocycles. The molecule has 0 saturated carbocycles. The van der Waals surface area contributed by atoms with E-state index in [0.29, 0.717) is 6.08 Å². The Bertz CT molecular complexity index is 648. The van der Waals surface area contributed by atoms with E-state index in [9.17, 15) is 23.4 Å². The Kier molecular flexibility index (Phi) is 4.20. The number of hydrogen-bond donors (Lipinski definition) is 4. The van der Waals surface area contributed by atoms with Crippen molar-refractivity contribution in [1.82, 2.24) is 0 Å². The van der Waals surface area contributed by atoms with E-state index in [-0.39, 0.29) is 0 Å². The van der Waals surface area contributed by atoms with E-state index in [1.54, 1.807) is 0 Å². The maximum Gasteiger partial charge on any atom is 0.337 e. The van der Waals surface area contributed by atoms with E-state index in [0.717, 1.165) is 0 Å². The summed E-state index contributed by atoms with van der Waals surface area (Å²) in [4.78, 5) is 43.5. The highest BCUT2D eigenvalue weighted by Gasteiger charge is 2.42. The molecule has 9 nitrogen and oxygen atoms in total. The minimum Gasteiger partial charge on any atom is -0.481 e. The van der Waals surface area contributed by atoms with Crippen molar-refractivity contribution in [1.29, 1.82) is 0 Å². The van der Waals surface area contributed by atoms with Crippen LogP contribution in [0.1, 0.15) is 0 Å². The van der Waals surface area contributed by atoms with E-state index in [1.807, 2.05) is 0 Å². The van der Waals surface area contributed by atoms with Gasteiger partial charge in [0.1, 0.15) is 5.92 Å². The van der Waals surface area contributed by atoms with Gasteiger partial charge in [-0.25, -0.2) is 18.6 Å². The highest BCUT2D eigenvalue weighted by atomic mass is 32.1. The molecule has 1 atom stereocenters. The molecule has 1 aliphatic carbocycles. The Morgan fingerprint density at radius 2 is 1.50 bits per heavy atom. The van der Waals surface area contributed by atoms with Gasteiger partial charge in [-0.05, 0) is 6.08 Å². The van der Waals surface area contributed by atoms with Crippen molar-refractivity contribution in [2.24, 2.45) is 5.92 Å². The molecule has 1 aliphatic rings. The lowest BCUT2D eigenvalue weighted by molar-refractivity contribution is -0.142. The maximum atomic E-state index is 11.1. The molecule has 0 fully saturated rings. The first-order valence-electron chi connectivity index (χ1n) is 4.78. The first kappa shape index (κ1) is 15.3. The summed E-state index contributed by atoms with van der Waals surface area (Å²) in [5.74, 6) is -9.40. The summed E-state index contributed by atoms with van der Waals surface area (Å²) in [6, 6.07) is 0. The second kappa shape index (κ2) is 5.48. The average Bonchev–Trinajstić information content (AvgIpc) is 2.35. The zero-order valence-electron chi connectivity index (χ0n) is 9.39. The second-order valence-electron chi connectivity index (χ2n) is 3.52. The predicted molar refractivity (Wildman–Crippen MR) is 62.3 cm³/mol. The highest BCUT2D eigenvalue weighted by Crippen LogP contribution is 2.29. The number of allylic oxidation sites excluding steroid dienone is 1. The minimum atomic E-state index is -2.02. The van der Waals surface area contributed by atoms with Crippen LogP contribution in [0.15, 0.2) is 22.8 Å². The van der Waals surface area contributed by atoms with Gasteiger partial charge in [0.05, 0.1) is 32.8 Å². The van der Waals surface area contributed by atoms with Crippen molar-refractivity contribution in [3.63, 3.8) is 0 Å². The Labute approximate surface area is 113 Å². The molecule has 0 amide bonds. The molecule has 0 aromatic rings. The van der Waals surface area contributed by atoms with Crippen LogP contribution < -0.4 is 0 Å². The van der Waals surface area contributed by atoms with Gasteiger partial charge in [0, 0.05) is 0 Å². The average molecular weight is 302 g/mol. The van der Waals surface area contributed by atoms with Gasteiger partial charge in [-0.3, -0.25) is 4.79 Å². The molecule has 1 unspecified atom stereocenters. The Hall–Kier alpha value is -2.75. The summed E-state index contributed by atoms with van der Waals surface area (Å²) in [6.45, 7) is 0. The number of aliphatic carboxylic acids is 4. The van der Waals surface area contributed by atoms with Crippen LogP contribution in [0.4, 0.5) is 0 Å². The normalized spacial score (nSPS) is 18.3. The first-order valence-corrected chi connectivity index (χ1v) is 5.52. The largest absolute Gasteiger partial charge is 0.481 e. The summed E-state index contributed by atoms with van der Waals surface area (Å²) in [6.07, 6.45) is 0.564. The molecule has 20 heavy (non-hydrogen) atoms. The quantitative estimate of drug-likeness (QED) is 0.455. The minimum absolute atomic E-state index is 0.406. The fraction of sp³-hybridized carbons (Fsp3) is 0.100. The molecule has 0 radical (unpaired) electrons. The molecule has 106 valence electrons. The van der Waals surface area contributed by atoms with Gasteiger partial charge in [0.2, 0.25) is 0 Å². The van der Waals surface area contributed by atoms with Crippen molar-refractivity contribution >= 4 is 40.0 Å². The maximum absolute atomic E-state index is 11.1. The van der Waals surface area contributed by atoms with Crippen molar-refractivity contribution in [3.05, 3.63) is 22.8 Å². The molecule has 0 saturated heterocycles. The molecule has 4 N–H and O–H groups in total. The van der Waals surface area contributed by atoms with Crippen LogP contribution in [0, 0.1) is 5.92 Å². The highest BCUT2D eigenvalue weighted by molar-refractivity contribution is 7.67. The SMILES string of the molecule is O=S=C1C=C(C(=O)O)C(C(=O)O)=C(C(=O)O)C1C(=O)O. The van der Waals surface area contributed by atoms with Crippen LogP contribution in [-0.4, -0.2) is 53.4 Å². The number of rotatable bonds is 4. The molecule has 0 aromatic carbocycles. The molecule has 0 bridgehead atoms. The van der Waals surface area contributed by atoms with Crippen LogP contribution in [0.25, 0.3) is 0 Å². The summed E-state index contributed by atoms with van der Waals surface area (Å²) >= 11 is -0.406. The van der Waals surface area contributed by atoms with E-state index in [1.165, 1.54) is 0 Å². The third-order valence-electron chi connectivity index (χ3n) is 2.42. The number of carboxylic acid groups (broad SMARTS) is 4. The van der Waals surface area contributed by atoms with Crippen LogP contribution in [0.5, 0.6) is 0 Å². The molecular formula is C10H6O9S. The van der Waals surface area contributed by atoms with E-state index < -0.39 is 62.6 Å². The van der Waals surface area contributed by atoms with Gasteiger partial charge in [-0.2, -0.15) is 0 Å². The molecule has 10 heteroatoms. The van der Waals surface area contributed by atoms with Gasteiger partial charge in [-0.1, -0.05) is 0 Å². The molecule has 0 heterocycles. The lowest BCUT2D eigenvalue weighted by atomic mass is 9.82. The third kappa shape index (κ3) is 2.49. The van der Waals surface area contributed by atoms with E-state index in [4.69, 9.17) is 20.4 Å². The fourth-order valence-electron chi connectivity index (χ4n) is 1.68. The summed E-state index contributed by atoms with van der Waals surface area (Å²) < 4.78 is 10.8. The number of carbonyl (C=O) groups is 4.